The molecule has 0 radical (unpaired) electrons. The topological polar surface area (TPSA) is 37.4 Å². The van der Waals surface area contributed by atoms with Gasteiger partial charge in [0.05, 0.1) is 4.90 Å². The summed E-state index contributed by atoms with van der Waals surface area (Å²) in [5.74, 6) is 0. The zero-order valence-corrected chi connectivity index (χ0v) is 12.1. The Labute approximate surface area is 106 Å². The van der Waals surface area contributed by atoms with Crippen molar-refractivity contribution in [2.24, 2.45) is 0 Å². The largest absolute Gasteiger partial charge is 0.244 e. The first-order valence-electron chi connectivity index (χ1n) is 5.19. The van der Waals surface area contributed by atoms with Crippen molar-refractivity contribution in [2.45, 2.75) is 25.7 Å². The van der Waals surface area contributed by atoms with E-state index in [-0.39, 0.29) is 0 Å². The minimum atomic E-state index is -3.37. The number of hydrogen-bond acceptors (Lipinski definition) is 2. The van der Waals surface area contributed by atoms with Crippen LogP contribution >= 0.6 is 15.9 Å². The lowest BCUT2D eigenvalue weighted by molar-refractivity contribution is 0.445. The van der Waals surface area contributed by atoms with Crippen LogP contribution in [0.25, 0.3) is 0 Å². The molecule has 0 unspecified atom stereocenters. The molecule has 1 rings (SSSR count). The van der Waals surface area contributed by atoms with Gasteiger partial charge in [0.25, 0.3) is 0 Å². The minimum absolute atomic E-state index is 0.344. The Kier molecular flexibility index (Phi) is 4.52. The van der Waals surface area contributed by atoms with E-state index in [0.717, 1.165) is 5.56 Å². The number of halogens is 1. The van der Waals surface area contributed by atoms with Crippen LogP contribution in [-0.4, -0.2) is 25.8 Å². The van der Waals surface area contributed by atoms with Gasteiger partial charge in [-0.3, -0.25) is 0 Å². The average molecular weight is 306 g/mol. The zero-order valence-electron chi connectivity index (χ0n) is 9.70. The molecule has 0 saturated carbocycles. The molecular formula is C11H16BrNO2S. The Hall–Kier alpha value is -0.390. The molecule has 0 amide bonds. The number of sulfonamides is 1. The van der Waals surface area contributed by atoms with Crippen LogP contribution in [0.15, 0.2) is 27.6 Å². The summed E-state index contributed by atoms with van der Waals surface area (Å²) in [6.45, 7) is 6.53. The van der Waals surface area contributed by atoms with Crippen molar-refractivity contribution in [3.05, 3.63) is 28.2 Å². The van der Waals surface area contributed by atoms with Crippen LogP contribution in [0.2, 0.25) is 0 Å². The van der Waals surface area contributed by atoms with Gasteiger partial charge in [0.15, 0.2) is 0 Å². The molecule has 0 fully saturated rings. The first kappa shape index (κ1) is 13.7. The standard InChI is InChI=1S/C11H16BrNO2S/c1-4-13(5-2)16(14,15)11-8-9(3)6-7-10(11)12/h6-8H,4-5H2,1-3H3. The lowest BCUT2D eigenvalue weighted by atomic mass is 10.2. The van der Waals surface area contributed by atoms with Crippen molar-refractivity contribution in [2.75, 3.05) is 13.1 Å². The van der Waals surface area contributed by atoms with E-state index in [2.05, 4.69) is 15.9 Å². The highest BCUT2D eigenvalue weighted by Crippen LogP contribution is 2.25. The maximum Gasteiger partial charge on any atom is 0.244 e. The molecule has 90 valence electrons. The molecule has 0 spiro atoms. The molecule has 0 saturated heterocycles. The highest BCUT2D eigenvalue weighted by molar-refractivity contribution is 9.10. The summed E-state index contributed by atoms with van der Waals surface area (Å²) in [6, 6.07) is 5.34. The predicted molar refractivity (Wildman–Crippen MR) is 69.0 cm³/mol. The SMILES string of the molecule is CCN(CC)S(=O)(=O)c1cc(C)ccc1Br. The van der Waals surface area contributed by atoms with Gasteiger partial charge in [-0.05, 0) is 40.5 Å². The summed E-state index contributed by atoms with van der Waals surface area (Å²) < 4.78 is 26.6. The molecule has 0 N–H and O–H groups in total. The number of nitrogens with zero attached hydrogens (tertiary/aromatic N) is 1. The van der Waals surface area contributed by atoms with Gasteiger partial charge >= 0.3 is 0 Å². The van der Waals surface area contributed by atoms with Gasteiger partial charge in [0, 0.05) is 17.6 Å². The van der Waals surface area contributed by atoms with Crippen LogP contribution in [0.5, 0.6) is 0 Å². The third-order valence-electron chi connectivity index (χ3n) is 2.41. The highest BCUT2D eigenvalue weighted by Gasteiger charge is 2.23. The van der Waals surface area contributed by atoms with Crippen molar-refractivity contribution < 1.29 is 8.42 Å². The first-order chi connectivity index (χ1) is 7.43. The van der Waals surface area contributed by atoms with Crippen LogP contribution in [-0.2, 0) is 10.0 Å². The molecule has 0 aliphatic carbocycles. The van der Waals surface area contributed by atoms with E-state index in [1.807, 2.05) is 26.8 Å². The monoisotopic (exact) mass is 305 g/mol. The molecule has 0 heterocycles. The van der Waals surface area contributed by atoms with Crippen LogP contribution in [0.4, 0.5) is 0 Å². The second kappa shape index (κ2) is 5.29. The van der Waals surface area contributed by atoms with Gasteiger partial charge in [-0.1, -0.05) is 19.9 Å². The maximum absolute atomic E-state index is 12.3. The van der Waals surface area contributed by atoms with E-state index in [1.54, 1.807) is 12.1 Å². The van der Waals surface area contributed by atoms with Crippen molar-refractivity contribution in [3.8, 4) is 0 Å². The minimum Gasteiger partial charge on any atom is -0.207 e. The molecule has 0 atom stereocenters. The summed E-state index contributed by atoms with van der Waals surface area (Å²) in [6.07, 6.45) is 0. The quantitative estimate of drug-likeness (QED) is 0.858. The summed E-state index contributed by atoms with van der Waals surface area (Å²) in [7, 11) is -3.37. The maximum atomic E-state index is 12.3. The average Bonchev–Trinajstić information content (AvgIpc) is 2.23. The fourth-order valence-corrected chi connectivity index (χ4v) is 3.98. The van der Waals surface area contributed by atoms with E-state index >= 15 is 0 Å². The molecule has 0 bridgehead atoms. The molecule has 0 aliphatic rings. The molecule has 1 aromatic rings. The van der Waals surface area contributed by atoms with E-state index in [4.69, 9.17) is 0 Å². The third kappa shape index (κ3) is 2.64. The molecule has 5 heteroatoms. The lowest BCUT2D eigenvalue weighted by Crippen LogP contribution is -2.30. The van der Waals surface area contributed by atoms with E-state index in [1.165, 1.54) is 4.31 Å². The van der Waals surface area contributed by atoms with Crippen LogP contribution in [0.3, 0.4) is 0 Å². The van der Waals surface area contributed by atoms with Crippen molar-refractivity contribution in [1.82, 2.24) is 4.31 Å². The first-order valence-corrected chi connectivity index (χ1v) is 7.43. The summed E-state index contributed by atoms with van der Waals surface area (Å²) in [4.78, 5) is 0.344. The number of rotatable bonds is 4. The van der Waals surface area contributed by atoms with Gasteiger partial charge < -0.3 is 0 Å². The van der Waals surface area contributed by atoms with Crippen LogP contribution in [0, 0.1) is 6.92 Å². The van der Waals surface area contributed by atoms with Crippen molar-refractivity contribution in [3.63, 3.8) is 0 Å². The van der Waals surface area contributed by atoms with Gasteiger partial charge in [-0.2, -0.15) is 4.31 Å². The second-order valence-electron chi connectivity index (χ2n) is 3.52. The second-order valence-corrected chi connectivity index (χ2v) is 6.28. The summed E-state index contributed by atoms with van der Waals surface area (Å²) >= 11 is 3.29. The van der Waals surface area contributed by atoms with E-state index in [9.17, 15) is 8.42 Å². The molecule has 0 aliphatic heterocycles. The third-order valence-corrected chi connectivity index (χ3v) is 5.45. The molecule has 1 aromatic carbocycles. The van der Waals surface area contributed by atoms with Crippen LogP contribution in [0.1, 0.15) is 19.4 Å². The zero-order chi connectivity index (χ0) is 12.3. The number of aryl methyl sites for hydroxylation is 1. The highest BCUT2D eigenvalue weighted by atomic mass is 79.9. The van der Waals surface area contributed by atoms with Crippen LogP contribution < -0.4 is 0 Å². The summed E-state index contributed by atoms with van der Waals surface area (Å²) in [5, 5.41) is 0. The molecule has 16 heavy (non-hydrogen) atoms. The fourth-order valence-electron chi connectivity index (χ4n) is 1.51. The van der Waals surface area contributed by atoms with Crippen molar-refractivity contribution in [1.29, 1.82) is 0 Å². The molecule has 0 aromatic heterocycles. The van der Waals surface area contributed by atoms with Gasteiger partial charge in [-0.15, -0.1) is 0 Å². The number of benzene rings is 1. The fraction of sp³-hybridized carbons (Fsp3) is 0.455. The van der Waals surface area contributed by atoms with E-state index in [0.29, 0.717) is 22.5 Å². The normalized spacial score (nSPS) is 12.1. The molecule has 3 nitrogen and oxygen atoms in total. The Morgan fingerprint density at radius 3 is 2.31 bits per heavy atom. The Morgan fingerprint density at radius 2 is 1.81 bits per heavy atom. The van der Waals surface area contributed by atoms with E-state index < -0.39 is 10.0 Å². The summed E-state index contributed by atoms with van der Waals surface area (Å²) in [5.41, 5.74) is 0.939. The van der Waals surface area contributed by atoms with Gasteiger partial charge in [-0.25, -0.2) is 8.42 Å². The predicted octanol–water partition coefficient (Wildman–Crippen LogP) is 2.79. The van der Waals surface area contributed by atoms with Gasteiger partial charge in [0.1, 0.15) is 0 Å². The number of hydrogen-bond donors (Lipinski definition) is 0. The Morgan fingerprint density at radius 1 is 1.25 bits per heavy atom. The molecular weight excluding hydrogens is 290 g/mol. The lowest BCUT2D eigenvalue weighted by Gasteiger charge is -2.19. The van der Waals surface area contributed by atoms with Gasteiger partial charge in [0.2, 0.25) is 10.0 Å². The smallest absolute Gasteiger partial charge is 0.207 e. The Bertz CT molecular complexity index is 467. The Balaban J connectivity index is 3.31. The van der Waals surface area contributed by atoms with Crippen molar-refractivity contribution >= 4 is 26.0 Å².